The fourth-order valence-corrected chi connectivity index (χ4v) is 5.05. The number of likely N-dealkylation sites (tertiary alicyclic amines) is 1. The molecule has 0 unspecified atom stereocenters. The van der Waals surface area contributed by atoms with Crippen molar-refractivity contribution >= 4 is 0 Å². The molecule has 0 radical (unpaired) electrons. The van der Waals surface area contributed by atoms with Crippen LogP contribution in [0.25, 0.3) is 0 Å². The number of hydrogen-bond donors (Lipinski definition) is 2. The van der Waals surface area contributed by atoms with Crippen molar-refractivity contribution in [3.05, 3.63) is 23.8 Å². The zero-order valence-corrected chi connectivity index (χ0v) is 19.5. The minimum absolute atomic E-state index is 0.269. The van der Waals surface area contributed by atoms with Crippen molar-refractivity contribution in [3.63, 3.8) is 0 Å². The number of hydrogen-bond acceptors (Lipinski definition) is 6. The zero-order valence-electron chi connectivity index (χ0n) is 19.5. The van der Waals surface area contributed by atoms with Crippen LogP contribution in [0.4, 0.5) is 0 Å². The molecule has 176 valence electrons. The van der Waals surface area contributed by atoms with Crippen molar-refractivity contribution in [3.8, 4) is 11.5 Å². The molecule has 2 aliphatic rings. The molecule has 1 heterocycles. The lowest BCUT2D eigenvalue weighted by atomic mass is 9.94. The molecule has 1 saturated carbocycles. The van der Waals surface area contributed by atoms with E-state index in [1.54, 1.807) is 7.11 Å². The van der Waals surface area contributed by atoms with Gasteiger partial charge in [0.25, 0.3) is 0 Å². The number of nitrogens with zero attached hydrogens (tertiary/aromatic N) is 2. The Balaban J connectivity index is 1.46. The molecule has 1 aliphatic carbocycles. The van der Waals surface area contributed by atoms with Gasteiger partial charge in [0.15, 0.2) is 11.5 Å². The number of ether oxygens (including phenoxy) is 2. The standard InChI is InChI=1S/C25H42N2O4/c1-26(22-6-4-3-5-7-22)18-23(29)19-31-24-9-8-21(16-25(24)30-2)17-27-13-10-20(11-14-27)12-15-28/h8-9,16,20,22-23,28-29H,3-7,10-15,17-19H2,1-2H3/t23-/m0/s1. The van der Waals surface area contributed by atoms with Crippen molar-refractivity contribution < 1.29 is 19.7 Å². The van der Waals surface area contributed by atoms with Gasteiger partial charge in [-0.05, 0) is 75.9 Å². The SMILES string of the molecule is COc1cc(CN2CCC(CCO)CC2)ccc1OC[C@@H](O)CN(C)C1CCCCC1. The average Bonchev–Trinajstić information content (AvgIpc) is 2.80. The predicted molar refractivity (Wildman–Crippen MR) is 124 cm³/mol. The van der Waals surface area contributed by atoms with E-state index in [0.29, 0.717) is 30.9 Å². The Labute approximate surface area is 188 Å². The van der Waals surface area contributed by atoms with Crippen molar-refractivity contribution in [2.24, 2.45) is 5.92 Å². The second kappa shape index (κ2) is 12.6. The Morgan fingerprint density at radius 3 is 2.52 bits per heavy atom. The van der Waals surface area contributed by atoms with Crippen LogP contribution in [0, 0.1) is 5.92 Å². The lowest BCUT2D eigenvalue weighted by molar-refractivity contribution is 0.0553. The molecule has 0 aromatic heterocycles. The van der Waals surface area contributed by atoms with E-state index in [-0.39, 0.29) is 6.61 Å². The fourth-order valence-electron chi connectivity index (χ4n) is 5.05. The fraction of sp³-hybridized carbons (Fsp3) is 0.760. The van der Waals surface area contributed by atoms with Crippen LogP contribution in [0.3, 0.4) is 0 Å². The van der Waals surface area contributed by atoms with Gasteiger partial charge in [-0.2, -0.15) is 0 Å². The molecule has 3 rings (SSSR count). The van der Waals surface area contributed by atoms with Crippen molar-refractivity contribution in [1.82, 2.24) is 9.80 Å². The minimum atomic E-state index is -0.517. The summed E-state index contributed by atoms with van der Waals surface area (Å²) in [7, 11) is 3.78. The van der Waals surface area contributed by atoms with Crippen LogP contribution < -0.4 is 9.47 Å². The Morgan fingerprint density at radius 1 is 1.10 bits per heavy atom. The summed E-state index contributed by atoms with van der Waals surface area (Å²) in [6.07, 6.45) is 9.13. The first-order chi connectivity index (χ1) is 15.1. The quantitative estimate of drug-likeness (QED) is 0.557. The summed E-state index contributed by atoms with van der Waals surface area (Å²) in [4.78, 5) is 4.76. The summed E-state index contributed by atoms with van der Waals surface area (Å²) in [6, 6.07) is 6.70. The summed E-state index contributed by atoms with van der Waals surface area (Å²) in [5, 5.41) is 19.6. The summed E-state index contributed by atoms with van der Waals surface area (Å²) < 4.78 is 11.5. The molecular formula is C25H42N2O4. The maximum absolute atomic E-state index is 10.5. The lowest BCUT2D eigenvalue weighted by Crippen LogP contribution is -2.40. The van der Waals surface area contributed by atoms with Crippen molar-refractivity contribution in [2.75, 3.05) is 47.0 Å². The monoisotopic (exact) mass is 434 g/mol. The number of benzene rings is 1. The molecule has 1 aliphatic heterocycles. The third kappa shape index (κ3) is 7.63. The van der Waals surface area contributed by atoms with E-state index in [4.69, 9.17) is 14.6 Å². The van der Waals surface area contributed by atoms with E-state index in [9.17, 15) is 5.11 Å². The van der Waals surface area contributed by atoms with Gasteiger partial charge in [-0.15, -0.1) is 0 Å². The summed E-state index contributed by atoms with van der Waals surface area (Å²) >= 11 is 0. The maximum Gasteiger partial charge on any atom is 0.161 e. The second-order valence-corrected chi connectivity index (χ2v) is 9.41. The highest BCUT2D eigenvalue weighted by Gasteiger charge is 2.21. The van der Waals surface area contributed by atoms with Gasteiger partial charge < -0.3 is 24.6 Å². The Bertz CT molecular complexity index is 642. The number of methoxy groups -OCH3 is 1. The largest absolute Gasteiger partial charge is 0.493 e. The molecule has 2 fully saturated rings. The van der Waals surface area contributed by atoms with Gasteiger partial charge >= 0.3 is 0 Å². The molecule has 2 N–H and O–H groups in total. The molecule has 1 aromatic carbocycles. The average molecular weight is 435 g/mol. The van der Waals surface area contributed by atoms with Gasteiger partial charge in [-0.1, -0.05) is 25.3 Å². The van der Waals surface area contributed by atoms with E-state index in [1.807, 2.05) is 6.07 Å². The van der Waals surface area contributed by atoms with E-state index in [0.717, 1.165) is 44.6 Å². The number of aliphatic hydroxyl groups is 2. The molecule has 1 aromatic rings. The molecule has 1 saturated heterocycles. The van der Waals surface area contributed by atoms with Crippen LogP contribution in [0.15, 0.2) is 18.2 Å². The van der Waals surface area contributed by atoms with Crippen LogP contribution in [-0.4, -0.2) is 79.2 Å². The normalized spacial score (nSPS) is 20.2. The first kappa shape index (κ1) is 24.3. The Morgan fingerprint density at radius 2 is 1.84 bits per heavy atom. The van der Waals surface area contributed by atoms with Crippen LogP contribution in [0.2, 0.25) is 0 Å². The molecule has 6 nitrogen and oxygen atoms in total. The number of aliphatic hydroxyl groups excluding tert-OH is 2. The minimum Gasteiger partial charge on any atom is -0.493 e. The van der Waals surface area contributed by atoms with E-state index in [2.05, 4.69) is 29.0 Å². The van der Waals surface area contributed by atoms with Gasteiger partial charge in [-0.3, -0.25) is 4.90 Å². The maximum atomic E-state index is 10.5. The van der Waals surface area contributed by atoms with Crippen LogP contribution in [0.5, 0.6) is 11.5 Å². The third-order valence-electron chi connectivity index (χ3n) is 7.01. The molecule has 31 heavy (non-hydrogen) atoms. The smallest absolute Gasteiger partial charge is 0.161 e. The highest BCUT2D eigenvalue weighted by Crippen LogP contribution is 2.30. The molecule has 0 bridgehead atoms. The first-order valence-corrected chi connectivity index (χ1v) is 12.1. The summed E-state index contributed by atoms with van der Waals surface area (Å²) in [6.45, 7) is 4.26. The Kier molecular flexibility index (Phi) is 9.91. The van der Waals surface area contributed by atoms with Gasteiger partial charge in [-0.25, -0.2) is 0 Å². The topological polar surface area (TPSA) is 65.4 Å². The number of rotatable bonds is 11. The molecule has 6 heteroatoms. The summed E-state index contributed by atoms with van der Waals surface area (Å²) in [5.74, 6) is 2.07. The Hall–Kier alpha value is -1.34. The summed E-state index contributed by atoms with van der Waals surface area (Å²) in [5.41, 5.74) is 1.21. The molecular weight excluding hydrogens is 392 g/mol. The lowest BCUT2D eigenvalue weighted by Gasteiger charge is -2.32. The highest BCUT2D eigenvalue weighted by molar-refractivity contribution is 5.43. The number of likely N-dealkylation sites (N-methyl/N-ethyl adjacent to an activating group) is 1. The van der Waals surface area contributed by atoms with Crippen molar-refractivity contribution in [2.45, 2.75) is 70.1 Å². The van der Waals surface area contributed by atoms with Crippen LogP contribution >= 0.6 is 0 Å². The zero-order chi connectivity index (χ0) is 22.1. The molecule has 0 amide bonds. The van der Waals surface area contributed by atoms with Gasteiger partial charge in [0, 0.05) is 25.7 Å². The third-order valence-corrected chi connectivity index (χ3v) is 7.01. The molecule has 0 spiro atoms. The highest BCUT2D eigenvalue weighted by atomic mass is 16.5. The predicted octanol–water partition coefficient (Wildman–Crippen LogP) is 3.29. The van der Waals surface area contributed by atoms with Gasteiger partial charge in [0.05, 0.1) is 7.11 Å². The number of piperidine rings is 1. The van der Waals surface area contributed by atoms with Gasteiger partial charge in [0.1, 0.15) is 12.7 Å². The van der Waals surface area contributed by atoms with E-state index >= 15 is 0 Å². The van der Waals surface area contributed by atoms with Gasteiger partial charge in [0.2, 0.25) is 0 Å². The van der Waals surface area contributed by atoms with Crippen LogP contribution in [-0.2, 0) is 6.54 Å². The van der Waals surface area contributed by atoms with E-state index in [1.165, 1.54) is 37.7 Å². The van der Waals surface area contributed by atoms with E-state index < -0.39 is 6.10 Å². The van der Waals surface area contributed by atoms with Crippen molar-refractivity contribution in [1.29, 1.82) is 0 Å². The van der Waals surface area contributed by atoms with Crippen LogP contribution in [0.1, 0.15) is 56.9 Å². The first-order valence-electron chi connectivity index (χ1n) is 12.1. The second-order valence-electron chi connectivity index (χ2n) is 9.41. The molecule has 1 atom stereocenters.